The molecule has 2 aromatic heterocycles. The van der Waals surface area contributed by atoms with Gasteiger partial charge in [0.2, 0.25) is 5.95 Å². The molecule has 108 valence electrons. The van der Waals surface area contributed by atoms with Crippen LogP contribution in [-0.4, -0.2) is 45.2 Å². The molecule has 0 aromatic carbocycles. The Kier molecular flexibility index (Phi) is 4.04. The number of H-pyrrole nitrogens is 1. The van der Waals surface area contributed by atoms with E-state index in [4.69, 9.17) is 11.6 Å². The minimum absolute atomic E-state index is 0.0269. The van der Waals surface area contributed by atoms with Gasteiger partial charge in [-0.25, -0.2) is 4.98 Å². The van der Waals surface area contributed by atoms with Crippen LogP contribution >= 0.6 is 11.6 Å². The second-order valence-electron chi connectivity index (χ2n) is 3.60. The van der Waals surface area contributed by atoms with Gasteiger partial charge >= 0.3 is 6.18 Å². The Morgan fingerprint density at radius 2 is 2.20 bits per heavy atom. The Balaban J connectivity index is 1.96. The lowest BCUT2D eigenvalue weighted by Crippen LogP contribution is -2.24. The Hall–Kier alpha value is -1.94. The number of nitrogens with zero attached hydrogens (tertiary/aromatic N) is 3. The van der Waals surface area contributed by atoms with Gasteiger partial charge in [0, 0.05) is 0 Å². The number of amides is 1. The van der Waals surface area contributed by atoms with E-state index in [0.717, 1.165) is 0 Å². The van der Waals surface area contributed by atoms with Crippen LogP contribution < -0.4 is 5.32 Å². The molecule has 0 aliphatic rings. The fraction of sp³-hybridized carbons (Fsp3) is 0.333. The van der Waals surface area contributed by atoms with E-state index in [1.165, 1.54) is 6.33 Å². The second kappa shape index (κ2) is 5.59. The molecule has 0 saturated carbocycles. The average molecular weight is 310 g/mol. The molecule has 7 nitrogen and oxygen atoms in total. The maximum atomic E-state index is 11.8. The van der Waals surface area contributed by atoms with Crippen LogP contribution in [0.5, 0.6) is 0 Å². The lowest BCUT2D eigenvalue weighted by atomic mass is 10.5. The maximum absolute atomic E-state index is 11.8. The number of imidazole rings is 1. The highest BCUT2D eigenvalue weighted by Gasteiger charge is 2.27. The van der Waals surface area contributed by atoms with Gasteiger partial charge in [0.25, 0.3) is 5.91 Å². The molecule has 0 saturated heterocycles. The van der Waals surface area contributed by atoms with E-state index in [2.05, 4.69) is 30.0 Å². The molecule has 0 aliphatic heterocycles. The van der Waals surface area contributed by atoms with E-state index in [9.17, 15) is 18.0 Å². The Bertz CT molecular complexity index is 630. The van der Waals surface area contributed by atoms with Crippen LogP contribution in [0.4, 0.5) is 19.1 Å². The van der Waals surface area contributed by atoms with Gasteiger partial charge in [0.1, 0.15) is 18.7 Å². The van der Waals surface area contributed by atoms with E-state index in [0.29, 0.717) is 5.52 Å². The highest BCUT2D eigenvalue weighted by molar-refractivity contribution is 6.33. The Labute approximate surface area is 114 Å². The smallest absolute Gasteiger partial charge is 0.362 e. The SMILES string of the molecule is O=C(COCC(F)(F)F)Nc1nc(Cl)c2[nH]cnc2n1. The first-order valence-corrected chi connectivity index (χ1v) is 5.54. The van der Waals surface area contributed by atoms with Crippen molar-refractivity contribution in [1.29, 1.82) is 0 Å². The summed E-state index contributed by atoms with van der Waals surface area (Å²) in [4.78, 5) is 25.4. The van der Waals surface area contributed by atoms with Gasteiger partial charge in [-0.1, -0.05) is 11.6 Å². The van der Waals surface area contributed by atoms with Crippen molar-refractivity contribution in [3.63, 3.8) is 0 Å². The number of anilines is 1. The van der Waals surface area contributed by atoms with Crippen molar-refractivity contribution in [3.8, 4) is 0 Å². The monoisotopic (exact) mass is 309 g/mol. The zero-order chi connectivity index (χ0) is 14.8. The number of carbonyl (C=O) groups is 1. The van der Waals surface area contributed by atoms with Crippen LogP contribution in [-0.2, 0) is 9.53 Å². The number of hydrogen-bond donors (Lipinski definition) is 2. The fourth-order valence-corrected chi connectivity index (χ4v) is 1.49. The minimum atomic E-state index is -4.49. The quantitative estimate of drug-likeness (QED) is 0.835. The van der Waals surface area contributed by atoms with Crippen LogP contribution in [0.1, 0.15) is 0 Å². The topological polar surface area (TPSA) is 92.8 Å². The molecule has 0 radical (unpaired) electrons. The summed E-state index contributed by atoms with van der Waals surface area (Å²) in [6.07, 6.45) is -3.16. The maximum Gasteiger partial charge on any atom is 0.411 e. The third kappa shape index (κ3) is 3.78. The summed E-state index contributed by atoms with van der Waals surface area (Å²) in [7, 11) is 0. The third-order valence-electron chi connectivity index (χ3n) is 1.99. The summed E-state index contributed by atoms with van der Waals surface area (Å²) in [6, 6.07) is 0. The lowest BCUT2D eigenvalue weighted by Gasteiger charge is -2.07. The zero-order valence-corrected chi connectivity index (χ0v) is 10.4. The molecular formula is C9H7ClF3N5O2. The van der Waals surface area contributed by atoms with Gasteiger partial charge < -0.3 is 9.72 Å². The van der Waals surface area contributed by atoms with Gasteiger partial charge in [-0.15, -0.1) is 0 Å². The molecule has 2 aromatic rings. The molecule has 0 bridgehead atoms. The first-order valence-electron chi connectivity index (χ1n) is 5.16. The van der Waals surface area contributed by atoms with Crippen molar-refractivity contribution in [1.82, 2.24) is 19.9 Å². The normalized spacial score (nSPS) is 11.8. The van der Waals surface area contributed by atoms with Gasteiger partial charge in [0.05, 0.1) is 6.33 Å². The Morgan fingerprint density at radius 1 is 1.45 bits per heavy atom. The highest BCUT2D eigenvalue weighted by Crippen LogP contribution is 2.18. The van der Waals surface area contributed by atoms with Crippen LogP contribution in [0.15, 0.2) is 6.33 Å². The summed E-state index contributed by atoms with van der Waals surface area (Å²) in [5, 5.41) is 2.19. The summed E-state index contributed by atoms with van der Waals surface area (Å²) < 4.78 is 39.6. The molecule has 2 rings (SSSR count). The number of halogens is 4. The third-order valence-corrected chi connectivity index (χ3v) is 2.27. The largest absolute Gasteiger partial charge is 0.411 e. The second-order valence-corrected chi connectivity index (χ2v) is 3.95. The number of rotatable bonds is 4. The summed E-state index contributed by atoms with van der Waals surface area (Å²) in [5.74, 6) is -1.00. The molecule has 2 heterocycles. The molecule has 20 heavy (non-hydrogen) atoms. The van der Waals surface area contributed by atoms with E-state index in [1.807, 2.05) is 0 Å². The number of hydrogen-bond acceptors (Lipinski definition) is 5. The molecule has 0 aliphatic carbocycles. The predicted molar refractivity (Wildman–Crippen MR) is 62.2 cm³/mol. The van der Waals surface area contributed by atoms with Gasteiger partial charge in [0.15, 0.2) is 10.8 Å². The lowest BCUT2D eigenvalue weighted by molar-refractivity contribution is -0.174. The minimum Gasteiger partial charge on any atom is -0.362 e. The Morgan fingerprint density at radius 3 is 2.90 bits per heavy atom. The number of fused-ring (bicyclic) bond motifs is 1. The summed E-state index contributed by atoms with van der Waals surface area (Å²) >= 11 is 5.80. The molecule has 0 spiro atoms. The first kappa shape index (κ1) is 14.5. The molecule has 0 unspecified atom stereocenters. The number of alkyl halides is 3. The number of aromatic amines is 1. The summed E-state index contributed by atoms with van der Waals surface area (Å²) in [5.41, 5.74) is 0.606. The molecule has 2 N–H and O–H groups in total. The fourth-order valence-electron chi connectivity index (χ4n) is 1.27. The van der Waals surface area contributed by atoms with E-state index < -0.39 is 25.3 Å². The highest BCUT2D eigenvalue weighted by atomic mass is 35.5. The van der Waals surface area contributed by atoms with Crippen molar-refractivity contribution in [2.24, 2.45) is 0 Å². The molecule has 11 heteroatoms. The van der Waals surface area contributed by atoms with Crippen molar-refractivity contribution in [2.45, 2.75) is 6.18 Å². The molecule has 1 amide bonds. The van der Waals surface area contributed by atoms with E-state index in [-0.39, 0.29) is 16.7 Å². The molecular weight excluding hydrogens is 303 g/mol. The molecule has 0 atom stereocenters. The summed E-state index contributed by atoms with van der Waals surface area (Å²) in [6.45, 7) is -2.29. The van der Waals surface area contributed by atoms with Crippen molar-refractivity contribution in [2.75, 3.05) is 18.5 Å². The van der Waals surface area contributed by atoms with Crippen LogP contribution in [0.3, 0.4) is 0 Å². The number of ether oxygens (including phenoxy) is 1. The van der Waals surface area contributed by atoms with Gasteiger partial charge in [-0.2, -0.15) is 23.1 Å². The number of nitrogens with one attached hydrogen (secondary N) is 2. The number of carbonyl (C=O) groups excluding carboxylic acids is 1. The van der Waals surface area contributed by atoms with E-state index >= 15 is 0 Å². The van der Waals surface area contributed by atoms with Crippen LogP contribution in [0.2, 0.25) is 5.15 Å². The van der Waals surface area contributed by atoms with Crippen molar-refractivity contribution >= 4 is 34.6 Å². The standard InChI is InChI=1S/C9H7ClF3N5O2/c10-6-5-7(15-3-14-5)18-8(17-6)16-4(19)1-20-2-9(11,12)13/h3H,1-2H2,(H2,14,15,16,17,18,19). The van der Waals surface area contributed by atoms with Crippen LogP contribution in [0, 0.1) is 0 Å². The zero-order valence-electron chi connectivity index (χ0n) is 9.66. The molecule has 0 fully saturated rings. The van der Waals surface area contributed by atoms with Crippen molar-refractivity contribution in [3.05, 3.63) is 11.5 Å². The average Bonchev–Trinajstić information content (AvgIpc) is 2.75. The predicted octanol–water partition coefficient (Wildman–Crippen LogP) is 1.52. The van der Waals surface area contributed by atoms with Crippen LogP contribution in [0.25, 0.3) is 11.2 Å². The van der Waals surface area contributed by atoms with Gasteiger partial charge in [-0.05, 0) is 0 Å². The first-order chi connectivity index (χ1) is 9.35. The number of aromatic nitrogens is 4. The van der Waals surface area contributed by atoms with Crippen molar-refractivity contribution < 1.29 is 22.7 Å². The van der Waals surface area contributed by atoms with E-state index in [1.54, 1.807) is 0 Å². The van der Waals surface area contributed by atoms with Gasteiger partial charge in [-0.3, -0.25) is 10.1 Å².